The molecule has 3 heteroatoms. The fourth-order valence-corrected chi connectivity index (χ4v) is 2.42. The van der Waals surface area contributed by atoms with E-state index in [0.717, 1.165) is 30.8 Å². The molecule has 1 N–H and O–H groups in total. The molecule has 1 heterocycles. The second kappa shape index (κ2) is 5.41. The van der Waals surface area contributed by atoms with Crippen molar-refractivity contribution >= 4 is 0 Å². The van der Waals surface area contributed by atoms with Crippen LogP contribution in [0.5, 0.6) is 11.5 Å². The first-order valence-corrected chi connectivity index (χ1v) is 6.30. The van der Waals surface area contributed by atoms with Crippen LogP contribution in [0.3, 0.4) is 0 Å². The molecule has 1 aliphatic rings. The first-order valence-electron chi connectivity index (χ1n) is 6.30. The van der Waals surface area contributed by atoms with E-state index in [-0.39, 0.29) is 0 Å². The van der Waals surface area contributed by atoms with E-state index >= 15 is 0 Å². The van der Waals surface area contributed by atoms with E-state index in [1.165, 1.54) is 5.56 Å². The lowest BCUT2D eigenvalue weighted by molar-refractivity contribution is 0.142. The predicted octanol–water partition coefficient (Wildman–Crippen LogP) is 2.91. The summed E-state index contributed by atoms with van der Waals surface area (Å²) in [7, 11) is 3.69. The zero-order chi connectivity index (χ0) is 12.3. The summed E-state index contributed by atoms with van der Waals surface area (Å²) in [5.41, 5.74) is 1.24. The smallest absolute Gasteiger partial charge is 0.128 e. The van der Waals surface area contributed by atoms with Crippen LogP contribution in [-0.4, -0.2) is 20.3 Å². The first kappa shape index (κ1) is 12.2. The Hall–Kier alpha value is -1.22. The van der Waals surface area contributed by atoms with Crippen molar-refractivity contribution in [1.29, 1.82) is 0 Å². The normalized spacial score (nSPS) is 22.8. The van der Waals surface area contributed by atoms with Gasteiger partial charge in [-0.1, -0.05) is 19.4 Å². The van der Waals surface area contributed by atoms with Gasteiger partial charge in [-0.25, -0.2) is 0 Å². The van der Waals surface area contributed by atoms with E-state index in [9.17, 15) is 0 Å². The Labute approximate surface area is 103 Å². The van der Waals surface area contributed by atoms with Crippen LogP contribution in [0.4, 0.5) is 0 Å². The van der Waals surface area contributed by atoms with Gasteiger partial charge in [-0.2, -0.15) is 0 Å². The molecule has 94 valence electrons. The van der Waals surface area contributed by atoms with Crippen molar-refractivity contribution in [2.45, 2.75) is 38.3 Å². The van der Waals surface area contributed by atoms with E-state index in [1.54, 1.807) is 7.11 Å². The van der Waals surface area contributed by atoms with Crippen molar-refractivity contribution in [2.75, 3.05) is 14.2 Å². The zero-order valence-electron chi connectivity index (χ0n) is 10.8. The van der Waals surface area contributed by atoms with Crippen LogP contribution < -0.4 is 14.8 Å². The molecule has 0 amide bonds. The highest BCUT2D eigenvalue weighted by Crippen LogP contribution is 2.37. The summed E-state index contributed by atoms with van der Waals surface area (Å²) in [6.45, 7) is 2.19. The number of benzene rings is 1. The molecule has 2 unspecified atom stereocenters. The summed E-state index contributed by atoms with van der Waals surface area (Å²) < 4.78 is 11.3. The highest BCUT2D eigenvalue weighted by atomic mass is 16.5. The van der Waals surface area contributed by atoms with Crippen molar-refractivity contribution in [2.24, 2.45) is 0 Å². The topological polar surface area (TPSA) is 30.5 Å². The zero-order valence-corrected chi connectivity index (χ0v) is 10.8. The van der Waals surface area contributed by atoms with Crippen LogP contribution in [-0.2, 0) is 0 Å². The van der Waals surface area contributed by atoms with E-state index in [0.29, 0.717) is 12.1 Å². The first-order chi connectivity index (χ1) is 8.28. The minimum atomic E-state index is 0.317. The molecule has 3 nitrogen and oxygen atoms in total. The van der Waals surface area contributed by atoms with Gasteiger partial charge in [-0.3, -0.25) is 0 Å². The molecular formula is C14H21NO2. The summed E-state index contributed by atoms with van der Waals surface area (Å²) in [5, 5.41) is 3.37. The maximum absolute atomic E-state index is 6.03. The van der Waals surface area contributed by atoms with Crippen molar-refractivity contribution in [1.82, 2.24) is 5.32 Å². The fourth-order valence-electron chi connectivity index (χ4n) is 2.42. The number of rotatable bonds is 4. The van der Waals surface area contributed by atoms with Crippen molar-refractivity contribution < 1.29 is 9.47 Å². The maximum atomic E-state index is 6.03. The number of ether oxygens (including phenoxy) is 2. The minimum Gasteiger partial charge on any atom is -0.497 e. The van der Waals surface area contributed by atoms with Gasteiger partial charge in [0.2, 0.25) is 0 Å². The van der Waals surface area contributed by atoms with Gasteiger partial charge >= 0.3 is 0 Å². The number of methoxy groups -OCH3 is 1. The van der Waals surface area contributed by atoms with E-state index < -0.39 is 0 Å². The average molecular weight is 235 g/mol. The molecule has 0 bridgehead atoms. The van der Waals surface area contributed by atoms with Gasteiger partial charge in [0.15, 0.2) is 0 Å². The molecule has 0 spiro atoms. The summed E-state index contributed by atoms with van der Waals surface area (Å²) in [6.07, 6.45) is 3.62. The van der Waals surface area contributed by atoms with Gasteiger partial charge in [-0.15, -0.1) is 0 Å². The molecule has 1 aliphatic heterocycles. The summed E-state index contributed by atoms with van der Waals surface area (Å²) in [5.74, 6) is 1.82. The van der Waals surface area contributed by atoms with Gasteiger partial charge in [-0.05, 0) is 19.5 Å². The Bertz CT molecular complexity index is 378. The lowest BCUT2D eigenvalue weighted by Crippen LogP contribution is -2.31. The molecule has 17 heavy (non-hydrogen) atoms. The van der Waals surface area contributed by atoms with E-state index in [1.807, 2.05) is 19.2 Å². The average Bonchev–Trinajstić information content (AvgIpc) is 2.37. The number of fused-ring (bicyclic) bond motifs is 1. The third-order valence-corrected chi connectivity index (χ3v) is 3.35. The Morgan fingerprint density at radius 3 is 2.94 bits per heavy atom. The highest BCUT2D eigenvalue weighted by Gasteiger charge is 2.26. The van der Waals surface area contributed by atoms with E-state index in [4.69, 9.17) is 9.47 Å². The van der Waals surface area contributed by atoms with Crippen molar-refractivity contribution in [3.05, 3.63) is 23.8 Å². The van der Waals surface area contributed by atoms with Gasteiger partial charge in [0.1, 0.15) is 17.6 Å². The number of nitrogens with one attached hydrogen (secondary N) is 1. The predicted molar refractivity (Wildman–Crippen MR) is 68.7 cm³/mol. The molecule has 2 rings (SSSR count). The van der Waals surface area contributed by atoms with Crippen molar-refractivity contribution in [3.8, 4) is 11.5 Å². The number of hydrogen-bond donors (Lipinski definition) is 1. The number of hydrogen-bond acceptors (Lipinski definition) is 3. The third kappa shape index (κ3) is 2.55. The SMILES string of the molecule is CCCC1CC(NC)c2ccc(OC)cc2O1. The molecule has 0 aliphatic carbocycles. The second-order valence-electron chi connectivity index (χ2n) is 4.51. The molecule has 1 aromatic rings. The summed E-state index contributed by atoms with van der Waals surface area (Å²) in [6, 6.07) is 6.47. The van der Waals surface area contributed by atoms with Crippen LogP contribution in [0.2, 0.25) is 0 Å². The molecule has 0 radical (unpaired) electrons. The van der Waals surface area contributed by atoms with Gasteiger partial charge in [0.05, 0.1) is 7.11 Å². The minimum absolute atomic E-state index is 0.317. The standard InChI is InChI=1S/C14H21NO2/c1-4-5-11-8-13(15-2)12-7-6-10(16-3)9-14(12)17-11/h6-7,9,11,13,15H,4-5,8H2,1-3H3. The highest BCUT2D eigenvalue weighted by molar-refractivity contribution is 5.43. The van der Waals surface area contributed by atoms with Crippen LogP contribution in [0.15, 0.2) is 18.2 Å². The van der Waals surface area contributed by atoms with Crippen LogP contribution in [0, 0.1) is 0 Å². The van der Waals surface area contributed by atoms with Crippen LogP contribution in [0.25, 0.3) is 0 Å². The lowest BCUT2D eigenvalue weighted by Gasteiger charge is -2.32. The Morgan fingerprint density at radius 1 is 1.47 bits per heavy atom. The van der Waals surface area contributed by atoms with E-state index in [2.05, 4.69) is 18.3 Å². The molecule has 0 saturated heterocycles. The summed E-state index contributed by atoms with van der Waals surface area (Å²) in [4.78, 5) is 0. The molecule has 2 atom stereocenters. The maximum Gasteiger partial charge on any atom is 0.128 e. The van der Waals surface area contributed by atoms with Crippen LogP contribution in [0.1, 0.15) is 37.8 Å². The van der Waals surface area contributed by atoms with Gasteiger partial charge in [0.25, 0.3) is 0 Å². The second-order valence-corrected chi connectivity index (χ2v) is 4.51. The molecule has 1 aromatic carbocycles. The van der Waals surface area contributed by atoms with Gasteiger partial charge in [0, 0.05) is 24.1 Å². The Balaban J connectivity index is 2.27. The largest absolute Gasteiger partial charge is 0.497 e. The molecular weight excluding hydrogens is 214 g/mol. The Kier molecular flexibility index (Phi) is 3.89. The quantitative estimate of drug-likeness (QED) is 0.870. The van der Waals surface area contributed by atoms with Crippen LogP contribution >= 0.6 is 0 Å². The van der Waals surface area contributed by atoms with Gasteiger partial charge < -0.3 is 14.8 Å². The van der Waals surface area contributed by atoms with Crippen molar-refractivity contribution in [3.63, 3.8) is 0 Å². The molecule has 0 aromatic heterocycles. The lowest BCUT2D eigenvalue weighted by atomic mass is 9.94. The fraction of sp³-hybridized carbons (Fsp3) is 0.571. The Morgan fingerprint density at radius 2 is 2.29 bits per heavy atom. The molecule has 0 fully saturated rings. The summed E-state index contributed by atoms with van der Waals surface area (Å²) >= 11 is 0. The third-order valence-electron chi connectivity index (χ3n) is 3.35. The monoisotopic (exact) mass is 235 g/mol. The molecule has 0 saturated carbocycles.